The molecule has 25 heavy (non-hydrogen) atoms. The molecule has 0 saturated carbocycles. The molecule has 2 aromatic carbocycles. The molecule has 0 saturated heterocycles. The Morgan fingerprint density at radius 2 is 1.76 bits per heavy atom. The van der Waals surface area contributed by atoms with Crippen molar-refractivity contribution in [1.82, 2.24) is 0 Å². The van der Waals surface area contributed by atoms with Gasteiger partial charge in [0.1, 0.15) is 13.2 Å². The van der Waals surface area contributed by atoms with Crippen LogP contribution in [0, 0.1) is 0 Å². The third-order valence-electron chi connectivity index (χ3n) is 3.49. The monoisotopic (exact) mass is 402 g/mol. The number of rotatable bonds is 5. The molecule has 0 atom stereocenters. The molecule has 0 aromatic heterocycles. The lowest BCUT2D eigenvalue weighted by molar-refractivity contribution is -0.136. The highest BCUT2D eigenvalue weighted by Crippen LogP contribution is 2.30. The minimum atomic E-state index is -0.575. The Labute approximate surface area is 153 Å². The van der Waals surface area contributed by atoms with E-state index >= 15 is 0 Å². The average Bonchev–Trinajstić information content (AvgIpc) is 2.65. The van der Waals surface area contributed by atoms with E-state index in [0.29, 0.717) is 30.3 Å². The van der Waals surface area contributed by atoms with Gasteiger partial charge in [0.25, 0.3) is 0 Å². The third kappa shape index (κ3) is 4.70. The van der Waals surface area contributed by atoms with Crippen LogP contribution in [0.2, 0.25) is 0 Å². The highest BCUT2D eigenvalue weighted by molar-refractivity contribution is 9.10. The number of benzene rings is 2. The molecular weight excluding hydrogens is 388 g/mol. The molecule has 0 spiro atoms. The number of Topliss-reactive ketones (excluding diaryl/α,β-unsaturated/α-hetero) is 1. The Balaban J connectivity index is 1.54. The van der Waals surface area contributed by atoms with Crippen LogP contribution in [0.3, 0.4) is 0 Å². The third-order valence-corrected chi connectivity index (χ3v) is 4.02. The zero-order valence-electron chi connectivity index (χ0n) is 13.2. The van der Waals surface area contributed by atoms with Crippen molar-refractivity contribution in [2.24, 2.45) is 0 Å². The molecule has 0 unspecified atom stereocenters. The van der Waals surface area contributed by atoms with Crippen molar-refractivity contribution in [1.29, 1.82) is 0 Å². The number of halogens is 1. The molecule has 5 nitrogen and oxygen atoms in total. The van der Waals surface area contributed by atoms with E-state index in [9.17, 15) is 9.59 Å². The summed E-state index contributed by atoms with van der Waals surface area (Å²) in [7, 11) is 0. The van der Waals surface area contributed by atoms with E-state index in [2.05, 4.69) is 15.9 Å². The summed E-state index contributed by atoms with van der Waals surface area (Å²) >= 11 is 3.34. The van der Waals surface area contributed by atoms with Crippen molar-refractivity contribution in [3.8, 4) is 11.5 Å². The predicted octanol–water partition coefficient (Wildman–Crippen LogP) is 3.66. The Morgan fingerprint density at radius 3 is 2.52 bits per heavy atom. The second kappa shape index (κ2) is 7.98. The van der Waals surface area contributed by atoms with Crippen LogP contribution in [0.15, 0.2) is 53.0 Å². The van der Waals surface area contributed by atoms with Gasteiger partial charge in [-0.3, -0.25) is 4.79 Å². The van der Waals surface area contributed by atoms with Gasteiger partial charge in [-0.1, -0.05) is 28.1 Å². The zero-order chi connectivity index (χ0) is 17.6. The van der Waals surface area contributed by atoms with Crippen molar-refractivity contribution in [2.45, 2.75) is 0 Å². The number of ether oxygens (including phenoxy) is 3. The lowest BCUT2D eigenvalue weighted by Crippen LogP contribution is -2.17. The first-order valence-electron chi connectivity index (χ1n) is 7.65. The Bertz CT molecular complexity index is 811. The van der Waals surface area contributed by atoms with Gasteiger partial charge in [0, 0.05) is 16.1 Å². The van der Waals surface area contributed by atoms with Gasteiger partial charge in [-0.25, -0.2) is 4.79 Å². The van der Waals surface area contributed by atoms with Crippen LogP contribution in [0.5, 0.6) is 11.5 Å². The first kappa shape index (κ1) is 17.2. The molecule has 1 heterocycles. The molecule has 0 aliphatic carbocycles. The van der Waals surface area contributed by atoms with Gasteiger partial charge >= 0.3 is 5.97 Å². The van der Waals surface area contributed by atoms with Gasteiger partial charge in [-0.2, -0.15) is 0 Å². The molecule has 1 aliphatic heterocycles. The minimum Gasteiger partial charge on any atom is -0.486 e. The smallest absolute Gasteiger partial charge is 0.331 e. The van der Waals surface area contributed by atoms with Crippen molar-refractivity contribution < 1.29 is 23.8 Å². The fraction of sp³-hybridized carbons (Fsp3) is 0.158. The van der Waals surface area contributed by atoms with Crippen LogP contribution in [0.25, 0.3) is 6.08 Å². The minimum absolute atomic E-state index is 0.303. The maximum Gasteiger partial charge on any atom is 0.331 e. The molecule has 0 bridgehead atoms. The van der Waals surface area contributed by atoms with Crippen LogP contribution in [-0.4, -0.2) is 31.6 Å². The quantitative estimate of drug-likeness (QED) is 0.433. The van der Waals surface area contributed by atoms with Gasteiger partial charge < -0.3 is 14.2 Å². The maximum absolute atomic E-state index is 12.1. The van der Waals surface area contributed by atoms with Crippen molar-refractivity contribution in [2.75, 3.05) is 19.8 Å². The Morgan fingerprint density at radius 1 is 1.04 bits per heavy atom. The van der Waals surface area contributed by atoms with E-state index < -0.39 is 5.97 Å². The second-order valence-electron chi connectivity index (χ2n) is 5.27. The molecule has 6 heteroatoms. The van der Waals surface area contributed by atoms with E-state index in [4.69, 9.17) is 14.2 Å². The maximum atomic E-state index is 12.1. The highest BCUT2D eigenvalue weighted by atomic mass is 79.9. The number of fused-ring (bicyclic) bond motifs is 1. The fourth-order valence-electron chi connectivity index (χ4n) is 2.22. The molecule has 0 fully saturated rings. The van der Waals surface area contributed by atoms with Crippen LogP contribution >= 0.6 is 15.9 Å². The summed E-state index contributed by atoms with van der Waals surface area (Å²) in [6.07, 6.45) is 2.92. The normalized spacial score (nSPS) is 12.8. The number of esters is 1. The summed E-state index contributed by atoms with van der Waals surface area (Å²) in [5.74, 6) is 0.256. The molecule has 0 N–H and O–H groups in total. The lowest BCUT2D eigenvalue weighted by Gasteiger charge is -2.18. The van der Waals surface area contributed by atoms with Gasteiger partial charge in [-0.05, 0) is 42.0 Å². The summed E-state index contributed by atoms with van der Waals surface area (Å²) in [5.41, 5.74) is 1.27. The summed E-state index contributed by atoms with van der Waals surface area (Å²) in [4.78, 5) is 23.9. The molecule has 3 rings (SSSR count). The van der Waals surface area contributed by atoms with E-state index in [0.717, 1.165) is 10.0 Å². The topological polar surface area (TPSA) is 61.8 Å². The Hall–Kier alpha value is -2.60. The van der Waals surface area contributed by atoms with Crippen LogP contribution in [0.4, 0.5) is 0 Å². The molecule has 128 valence electrons. The zero-order valence-corrected chi connectivity index (χ0v) is 14.8. The fourth-order valence-corrected chi connectivity index (χ4v) is 2.49. The molecule has 0 radical (unpaired) electrons. The van der Waals surface area contributed by atoms with Crippen molar-refractivity contribution in [3.05, 3.63) is 64.1 Å². The van der Waals surface area contributed by atoms with Crippen LogP contribution in [0.1, 0.15) is 15.9 Å². The molecular formula is C19H15BrO5. The van der Waals surface area contributed by atoms with Crippen molar-refractivity contribution >= 4 is 33.8 Å². The van der Waals surface area contributed by atoms with E-state index in [1.54, 1.807) is 24.3 Å². The van der Waals surface area contributed by atoms with Crippen molar-refractivity contribution in [3.63, 3.8) is 0 Å². The number of carbonyl (C=O) groups is 2. The van der Waals surface area contributed by atoms with E-state index in [-0.39, 0.29) is 12.4 Å². The summed E-state index contributed by atoms with van der Waals surface area (Å²) in [6.45, 7) is 0.603. The van der Waals surface area contributed by atoms with Gasteiger partial charge in [0.2, 0.25) is 0 Å². The number of hydrogen-bond donors (Lipinski definition) is 0. The van der Waals surface area contributed by atoms with Crippen LogP contribution in [-0.2, 0) is 9.53 Å². The number of carbonyl (C=O) groups excluding carboxylic acids is 2. The van der Waals surface area contributed by atoms with Gasteiger partial charge in [0.15, 0.2) is 23.9 Å². The van der Waals surface area contributed by atoms with E-state index in [1.807, 2.05) is 24.3 Å². The molecule has 2 aromatic rings. The summed E-state index contributed by atoms with van der Waals surface area (Å²) < 4.78 is 16.8. The largest absolute Gasteiger partial charge is 0.486 e. The SMILES string of the molecule is O=C(/C=C/c1ccc(Br)cc1)OCC(=O)c1ccc2c(c1)OCCO2. The van der Waals surface area contributed by atoms with Gasteiger partial charge in [0.05, 0.1) is 0 Å². The number of hydrogen-bond acceptors (Lipinski definition) is 5. The molecule has 1 aliphatic rings. The van der Waals surface area contributed by atoms with Crippen LogP contribution < -0.4 is 9.47 Å². The number of ketones is 1. The average molecular weight is 403 g/mol. The first-order valence-corrected chi connectivity index (χ1v) is 8.44. The first-order chi connectivity index (χ1) is 12.1. The molecule has 0 amide bonds. The summed E-state index contributed by atoms with van der Waals surface area (Å²) in [5, 5.41) is 0. The van der Waals surface area contributed by atoms with E-state index in [1.165, 1.54) is 6.08 Å². The standard InChI is InChI=1S/C19H15BrO5/c20-15-5-1-13(2-6-15)3-8-19(22)25-12-16(21)14-4-7-17-18(11-14)24-10-9-23-17/h1-8,11H,9-10,12H2/b8-3+. The van der Waals surface area contributed by atoms with Gasteiger partial charge in [-0.15, -0.1) is 0 Å². The lowest BCUT2D eigenvalue weighted by atomic mass is 10.1. The second-order valence-corrected chi connectivity index (χ2v) is 6.19. The highest BCUT2D eigenvalue weighted by Gasteiger charge is 2.15. The Kier molecular flexibility index (Phi) is 5.50. The predicted molar refractivity (Wildman–Crippen MR) is 95.9 cm³/mol. The summed E-state index contributed by atoms with van der Waals surface area (Å²) in [6, 6.07) is 12.4.